The molecule has 17 heavy (non-hydrogen) atoms. The smallest absolute Gasteiger partial charge is 0.0247 e. The molecule has 3 rings (SSSR count). The molecule has 2 saturated carbocycles. The van der Waals surface area contributed by atoms with Crippen molar-refractivity contribution in [3.8, 4) is 0 Å². The van der Waals surface area contributed by atoms with Gasteiger partial charge in [0.1, 0.15) is 0 Å². The fourth-order valence-electron chi connectivity index (χ4n) is 3.41. The summed E-state index contributed by atoms with van der Waals surface area (Å²) < 4.78 is 0. The molecule has 1 unspecified atom stereocenters. The summed E-state index contributed by atoms with van der Waals surface area (Å²) in [5, 5.41) is 0. The monoisotopic (exact) mass is 237 g/mol. The molecule has 98 valence electrons. The summed E-state index contributed by atoms with van der Waals surface area (Å²) in [7, 11) is 0. The van der Waals surface area contributed by atoms with Crippen LogP contribution >= 0.6 is 0 Å². The van der Waals surface area contributed by atoms with E-state index < -0.39 is 0 Å². The van der Waals surface area contributed by atoms with Crippen molar-refractivity contribution in [2.24, 2.45) is 17.6 Å². The zero-order valence-electron chi connectivity index (χ0n) is 11.0. The van der Waals surface area contributed by atoms with Gasteiger partial charge in [0.2, 0.25) is 0 Å². The van der Waals surface area contributed by atoms with Crippen LogP contribution in [0.1, 0.15) is 32.1 Å². The van der Waals surface area contributed by atoms with Gasteiger partial charge in [0.15, 0.2) is 0 Å². The molecule has 3 nitrogen and oxygen atoms in total. The van der Waals surface area contributed by atoms with Crippen LogP contribution in [0, 0.1) is 11.8 Å². The largest absolute Gasteiger partial charge is 0.329 e. The average Bonchev–Trinajstić information content (AvgIpc) is 3.08. The van der Waals surface area contributed by atoms with Gasteiger partial charge in [-0.2, -0.15) is 0 Å². The summed E-state index contributed by atoms with van der Waals surface area (Å²) >= 11 is 0. The highest BCUT2D eigenvalue weighted by Gasteiger charge is 2.33. The van der Waals surface area contributed by atoms with Crippen LogP contribution in [-0.2, 0) is 0 Å². The maximum Gasteiger partial charge on any atom is 0.0247 e. The topological polar surface area (TPSA) is 32.5 Å². The van der Waals surface area contributed by atoms with Gasteiger partial charge in [0.25, 0.3) is 0 Å². The fourth-order valence-corrected chi connectivity index (χ4v) is 3.41. The zero-order chi connectivity index (χ0) is 11.7. The molecule has 1 saturated heterocycles. The highest BCUT2D eigenvalue weighted by atomic mass is 15.3. The Morgan fingerprint density at radius 3 is 2.18 bits per heavy atom. The van der Waals surface area contributed by atoms with E-state index in [2.05, 4.69) is 9.80 Å². The van der Waals surface area contributed by atoms with Crippen molar-refractivity contribution >= 4 is 0 Å². The lowest BCUT2D eigenvalue weighted by Crippen LogP contribution is -2.55. The van der Waals surface area contributed by atoms with Crippen LogP contribution < -0.4 is 5.73 Å². The van der Waals surface area contributed by atoms with E-state index in [9.17, 15) is 0 Å². The summed E-state index contributed by atoms with van der Waals surface area (Å²) in [6, 6.07) is 0.687. The zero-order valence-corrected chi connectivity index (χ0v) is 11.0. The Balaban J connectivity index is 1.45. The Labute approximate surface area is 105 Å². The second-order valence-electron chi connectivity index (χ2n) is 6.27. The minimum Gasteiger partial charge on any atom is -0.329 e. The van der Waals surface area contributed by atoms with Crippen LogP contribution in [0.3, 0.4) is 0 Å². The lowest BCUT2D eigenvalue weighted by Gasteiger charge is -2.44. The quantitative estimate of drug-likeness (QED) is 0.778. The standard InChI is InChI=1S/C14H27N3/c15-10-14(13-2-1-3-13)17-8-6-16(7-9-17)11-12-4-5-12/h12-14H,1-11,15H2. The lowest BCUT2D eigenvalue weighted by molar-refractivity contribution is 0.0486. The summed E-state index contributed by atoms with van der Waals surface area (Å²) in [4.78, 5) is 5.34. The minimum atomic E-state index is 0.687. The maximum atomic E-state index is 5.98. The van der Waals surface area contributed by atoms with Crippen LogP contribution in [0.4, 0.5) is 0 Å². The fraction of sp³-hybridized carbons (Fsp3) is 1.00. The maximum absolute atomic E-state index is 5.98. The Hall–Kier alpha value is -0.120. The lowest BCUT2D eigenvalue weighted by atomic mass is 9.79. The van der Waals surface area contributed by atoms with Crippen molar-refractivity contribution in [2.45, 2.75) is 38.1 Å². The average molecular weight is 237 g/mol. The second kappa shape index (κ2) is 5.25. The first kappa shape index (κ1) is 11.9. The Bertz CT molecular complexity index is 240. The number of hydrogen-bond acceptors (Lipinski definition) is 3. The molecule has 0 bridgehead atoms. The van der Waals surface area contributed by atoms with E-state index in [0.717, 1.165) is 18.4 Å². The molecule has 1 heterocycles. The van der Waals surface area contributed by atoms with Gasteiger partial charge in [-0.25, -0.2) is 0 Å². The van der Waals surface area contributed by atoms with Crippen molar-refractivity contribution in [1.82, 2.24) is 9.80 Å². The SMILES string of the molecule is NCC(C1CCC1)N1CCN(CC2CC2)CC1. The molecule has 3 aliphatic rings. The van der Waals surface area contributed by atoms with Crippen LogP contribution in [0.2, 0.25) is 0 Å². The highest BCUT2D eigenvalue weighted by Crippen LogP contribution is 2.33. The highest BCUT2D eigenvalue weighted by molar-refractivity contribution is 4.89. The summed E-state index contributed by atoms with van der Waals surface area (Å²) in [6.45, 7) is 7.30. The third kappa shape index (κ3) is 2.83. The van der Waals surface area contributed by atoms with Gasteiger partial charge in [-0.15, -0.1) is 0 Å². The Kier molecular flexibility index (Phi) is 3.69. The van der Waals surface area contributed by atoms with E-state index in [1.165, 1.54) is 64.8 Å². The van der Waals surface area contributed by atoms with Crippen molar-refractivity contribution in [1.29, 1.82) is 0 Å². The third-order valence-electron chi connectivity index (χ3n) is 5.02. The number of nitrogens with zero attached hydrogens (tertiary/aromatic N) is 2. The van der Waals surface area contributed by atoms with Gasteiger partial charge < -0.3 is 10.6 Å². The molecule has 0 aromatic rings. The molecule has 1 aliphatic heterocycles. The van der Waals surface area contributed by atoms with E-state index >= 15 is 0 Å². The van der Waals surface area contributed by atoms with Crippen molar-refractivity contribution in [2.75, 3.05) is 39.3 Å². The van der Waals surface area contributed by atoms with Gasteiger partial charge in [0, 0.05) is 45.3 Å². The first-order valence-electron chi connectivity index (χ1n) is 7.53. The van der Waals surface area contributed by atoms with E-state index in [0.29, 0.717) is 6.04 Å². The Morgan fingerprint density at radius 2 is 1.71 bits per heavy atom. The predicted octanol–water partition coefficient (Wildman–Crippen LogP) is 1.14. The predicted molar refractivity (Wildman–Crippen MR) is 70.9 cm³/mol. The molecule has 0 aromatic heterocycles. The molecule has 0 spiro atoms. The van der Waals surface area contributed by atoms with Gasteiger partial charge in [0.05, 0.1) is 0 Å². The van der Waals surface area contributed by atoms with Crippen molar-refractivity contribution < 1.29 is 0 Å². The molecule has 2 aliphatic carbocycles. The van der Waals surface area contributed by atoms with E-state index in [4.69, 9.17) is 5.73 Å². The summed E-state index contributed by atoms with van der Waals surface area (Å²) in [5.74, 6) is 1.95. The first-order valence-corrected chi connectivity index (χ1v) is 7.53. The van der Waals surface area contributed by atoms with Gasteiger partial charge in [-0.05, 0) is 37.5 Å². The molecule has 3 fully saturated rings. The Morgan fingerprint density at radius 1 is 1.00 bits per heavy atom. The van der Waals surface area contributed by atoms with E-state index in [1.54, 1.807) is 0 Å². The molecule has 2 N–H and O–H groups in total. The van der Waals surface area contributed by atoms with Gasteiger partial charge in [-0.3, -0.25) is 4.90 Å². The van der Waals surface area contributed by atoms with Crippen molar-refractivity contribution in [3.05, 3.63) is 0 Å². The van der Waals surface area contributed by atoms with E-state index in [-0.39, 0.29) is 0 Å². The number of nitrogens with two attached hydrogens (primary N) is 1. The summed E-state index contributed by atoms with van der Waals surface area (Å²) in [6.07, 6.45) is 7.23. The molecular formula is C14H27N3. The molecule has 0 aromatic carbocycles. The number of hydrogen-bond donors (Lipinski definition) is 1. The molecule has 0 radical (unpaired) electrons. The first-order chi connectivity index (χ1) is 8.36. The molecular weight excluding hydrogens is 210 g/mol. The normalized spacial score (nSPS) is 30.2. The van der Waals surface area contributed by atoms with Crippen LogP contribution in [-0.4, -0.2) is 55.1 Å². The molecule has 3 heteroatoms. The third-order valence-corrected chi connectivity index (χ3v) is 5.02. The molecule has 1 atom stereocenters. The summed E-state index contributed by atoms with van der Waals surface area (Å²) in [5.41, 5.74) is 5.98. The minimum absolute atomic E-state index is 0.687. The van der Waals surface area contributed by atoms with Crippen LogP contribution in [0.15, 0.2) is 0 Å². The van der Waals surface area contributed by atoms with E-state index in [1.807, 2.05) is 0 Å². The van der Waals surface area contributed by atoms with Gasteiger partial charge in [-0.1, -0.05) is 6.42 Å². The van der Waals surface area contributed by atoms with Crippen molar-refractivity contribution in [3.63, 3.8) is 0 Å². The number of rotatable bonds is 5. The number of piperazine rings is 1. The molecule has 0 amide bonds. The van der Waals surface area contributed by atoms with Crippen LogP contribution in [0.5, 0.6) is 0 Å². The second-order valence-corrected chi connectivity index (χ2v) is 6.27. The van der Waals surface area contributed by atoms with Gasteiger partial charge >= 0.3 is 0 Å². The van der Waals surface area contributed by atoms with Crippen LogP contribution in [0.25, 0.3) is 0 Å².